The third-order valence-electron chi connectivity index (χ3n) is 3.56. The summed E-state index contributed by atoms with van der Waals surface area (Å²) in [6, 6.07) is 18.7. The summed E-state index contributed by atoms with van der Waals surface area (Å²) >= 11 is 0. The van der Waals surface area contributed by atoms with Crippen LogP contribution in [0.25, 0.3) is 0 Å². The molecule has 1 atom stereocenters. The van der Waals surface area contributed by atoms with Crippen LogP contribution in [0, 0.1) is 0 Å². The highest BCUT2D eigenvalue weighted by Gasteiger charge is 2.08. The van der Waals surface area contributed by atoms with Crippen LogP contribution in [0.4, 0.5) is 0 Å². The molecule has 3 nitrogen and oxygen atoms in total. The number of ether oxygens (including phenoxy) is 1. The van der Waals surface area contributed by atoms with E-state index in [-0.39, 0.29) is 12.6 Å². The highest BCUT2D eigenvalue weighted by atomic mass is 16.5. The number of hydrogen-bond acceptors (Lipinski definition) is 3. The van der Waals surface area contributed by atoms with Crippen molar-refractivity contribution in [3.05, 3.63) is 65.7 Å². The van der Waals surface area contributed by atoms with E-state index in [0.717, 1.165) is 25.1 Å². The summed E-state index contributed by atoms with van der Waals surface area (Å²) in [5.74, 6) is 0.870. The molecule has 0 aromatic heterocycles. The average Bonchev–Trinajstić information content (AvgIpc) is 2.54. The van der Waals surface area contributed by atoms with Crippen LogP contribution in [0.5, 0.6) is 5.75 Å². The number of aliphatic hydroxyl groups excluding tert-OH is 1. The van der Waals surface area contributed by atoms with E-state index >= 15 is 0 Å². The van der Waals surface area contributed by atoms with Gasteiger partial charge in [-0.25, -0.2) is 0 Å². The van der Waals surface area contributed by atoms with Gasteiger partial charge in [0.1, 0.15) is 5.75 Å². The fraction of sp³-hybridized carbons (Fsp3) is 0.333. The van der Waals surface area contributed by atoms with Gasteiger partial charge in [-0.05, 0) is 36.1 Å². The lowest BCUT2D eigenvalue weighted by Crippen LogP contribution is -2.31. The summed E-state index contributed by atoms with van der Waals surface area (Å²) < 4.78 is 5.16. The van der Waals surface area contributed by atoms with Crippen LogP contribution < -0.4 is 10.1 Å². The first-order chi connectivity index (χ1) is 10.3. The van der Waals surface area contributed by atoms with E-state index in [0.29, 0.717) is 0 Å². The first kappa shape index (κ1) is 15.5. The molecular formula is C18H23NO2. The zero-order valence-electron chi connectivity index (χ0n) is 12.5. The Labute approximate surface area is 126 Å². The second-order valence-electron chi connectivity index (χ2n) is 5.13. The van der Waals surface area contributed by atoms with E-state index in [1.807, 2.05) is 18.2 Å². The molecular weight excluding hydrogens is 262 g/mol. The van der Waals surface area contributed by atoms with E-state index in [2.05, 4.69) is 41.7 Å². The summed E-state index contributed by atoms with van der Waals surface area (Å²) in [6.07, 6.45) is 1.68. The maximum absolute atomic E-state index is 9.22. The second kappa shape index (κ2) is 8.45. The van der Waals surface area contributed by atoms with Crippen molar-refractivity contribution in [3.8, 4) is 5.75 Å². The number of methoxy groups -OCH3 is 1. The van der Waals surface area contributed by atoms with Crippen molar-refractivity contribution in [1.82, 2.24) is 5.32 Å². The van der Waals surface area contributed by atoms with Gasteiger partial charge < -0.3 is 15.2 Å². The maximum atomic E-state index is 9.22. The molecule has 3 heteroatoms. The van der Waals surface area contributed by atoms with Gasteiger partial charge in [-0.15, -0.1) is 0 Å². The van der Waals surface area contributed by atoms with Crippen LogP contribution in [0.2, 0.25) is 0 Å². The quantitative estimate of drug-likeness (QED) is 0.783. The standard InChI is InChI=1S/C18H23NO2/c1-21-18-9-7-16(8-10-18)14-19-17(11-12-20)13-15-5-3-2-4-6-15/h2-10,17,19-20H,11-14H2,1H3. The van der Waals surface area contributed by atoms with E-state index in [9.17, 15) is 5.11 Å². The van der Waals surface area contributed by atoms with Crippen LogP contribution in [-0.4, -0.2) is 24.9 Å². The second-order valence-corrected chi connectivity index (χ2v) is 5.13. The Morgan fingerprint density at radius 2 is 1.71 bits per heavy atom. The monoisotopic (exact) mass is 285 g/mol. The normalized spacial score (nSPS) is 12.1. The number of rotatable bonds is 8. The van der Waals surface area contributed by atoms with Crippen LogP contribution in [0.15, 0.2) is 54.6 Å². The summed E-state index contributed by atoms with van der Waals surface area (Å²) in [5.41, 5.74) is 2.50. The third-order valence-corrected chi connectivity index (χ3v) is 3.56. The SMILES string of the molecule is COc1ccc(CNC(CCO)Cc2ccccc2)cc1. The van der Waals surface area contributed by atoms with Gasteiger partial charge in [-0.3, -0.25) is 0 Å². The van der Waals surface area contributed by atoms with Crippen molar-refractivity contribution in [2.24, 2.45) is 0 Å². The lowest BCUT2D eigenvalue weighted by Gasteiger charge is -2.18. The third kappa shape index (κ3) is 5.21. The van der Waals surface area contributed by atoms with Gasteiger partial charge in [-0.2, -0.15) is 0 Å². The Bertz CT molecular complexity index is 511. The van der Waals surface area contributed by atoms with Crippen LogP contribution in [0.1, 0.15) is 17.5 Å². The predicted molar refractivity (Wildman–Crippen MR) is 85.5 cm³/mol. The van der Waals surface area contributed by atoms with Crippen molar-refractivity contribution in [2.45, 2.75) is 25.4 Å². The van der Waals surface area contributed by atoms with Crippen LogP contribution in [-0.2, 0) is 13.0 Å². The van der Waals surface area contributed by atoms with Crippen molar-refractivity contribution in [3.63, 3.8) is 0 Å². The summed E-state index contributed by atoms with van der Waals surface area (Å²) in [5, 5.41) is 12.7. The van der Waals surface area contributed by atoms with Gasteiger partial charge in [-0.1, -0.05) is 42.5 Å². The van der Waals surface area contributed by atoms with Crippen molar-refractivity contribution in [2.75, 3.05) is 13.7 Å². The minimum absolute atomic E-state index is 0.202. The molecule has 1 unspecified atom stereocenters. The molecule has 0 aliphatic rings. The topological polar surface area (TPSA) is 41.5 Å². The van der Waals surface area contributed by atoms with E-state index in [4.69, 9.17) is 4.74 Å². The van der Waals surface area contributed by atoms with Crippen molar-refractivity contribution in [1.29, 1.82) is 0 Å². The zero-order chi connectivity index (χ0) is 14.9. The van der Waals surface area contributed by atoms with E-state index in [1.54, 1.807) is 7.11 Å². The van der Waals surface area contributed by atoms with Crippen molar-refractivity contribution >= 4 is 0 Å². The predicted octanol–water partition coefficient (Wildman–Crippen LogP) is 2.78. The molecule has 2 rings (SSSR count). The lowest BCUT2D eigenvalue weighted by molar-refractivity contribution is 0.263. The number of nitrogens with one attached hydrogen (secondary N) is 1. The molecule has 2 aromatic rings. The Hall–Kier alpha value is -1.84. The first-order valence-corrected chi connectivity index (χ1v) is 7.33. The highest BCUT2D eigenvalue weighted by Crippen LogP contribution is 2.12. The van der Waals surface area contributed by atoms with Gasteiger partial charge in [0.15, 0.2) is 0 Å². The van der Waals surface area contributed by atoms with E-state index < -0.39 is 0 Å². The summed E-state index contributed by atoms with van der Waals surface area (Å²) in [4.78, 5) is 0. The fourth-order valence-corrected chi connectivity index (χ4v) is 2.34. The fourth-order valence-electron chi connectivity index (χ4n) is 2.34. The van der Waals surface area contributed by atoms with Gasteiger partial charge >= 0.3 is 0 Å². The molecule has 0 aliphatic carbocycles. The van der Waals surface area contributed by atoms with Crippen LogP contribution >= 0.6 is 0 Å². The molecule has 0 fully saturated rings. The molecule has 2 aromatic carbocycles. The largest absolute Gasteiger partial charge is 0.497 e. The van der Waals surface area contributed by atoms with E-state index in [1.165, 1.54) is 11.1 Å². The molecule has 0 bridgehead atoms. The molecule has 0 saturated carbocycles. The lowest BCUT2D eigenvalue weighted by atomic mass is 10.0. The molecule has 0 aliphatic heterocycles. The van der Waals surface area contributed by atoms with Gasteiger partial charge in [0, 0.05) is 19.2 Å². The van der Waals surface area contributed by atoms with Gasteiger partial charge in [0.05, 0.1) is 7.11 Å². The average molecular weight is 285 g/mol. The smallest absolute Gasteiger partial charge is 0.118 e. The first-order valence-electron chi connectivity index (χ1n) is 7.33. The minimum Gasteiger partial charge on any atom is -0.497 e. The van der Waals surface area contributed by atoms with Gasteiger partial charge in [0.25, 0.3) is 0 Å². The molecule has 112 valence electrons. The molecule has 21 heavy (non-hydrogen) atoms. The number of hydrogen-bond donors (Lipinski definition) is 2. The number of benzene rings is 2. The Morgan fingerprint density at radius 3 is 2.33 bits per heavy atom. The Balaban J connectivity index is 1.89. The summed E-state index contributed by atoms with van der Waals surface area (Å²) in [7, 11) is 1.67. The maximum Gasteiger partial charge on any atom is 0.118 e. The minimum atomic E-state index is 0.202. The Kier molecular flexibility index (Phi) is 6.25. The highest BCUT2D eigenvalue weighted by molar-refractivity contribution is 5.27. The molecule has 2 N–H and O–H groups in total. The summed E-state index contributed by atoms with van der Waals surface area (Å²) in [6.45, 7) is 0.995. The molecule has 0 spiro atoms. The molecule has 0 heterocycles. The van der Waals surface area contributed by atoms with Crippen LogP contribution in [0.3, 0.4) is 0 Å². The molecule has 0 amide bonds. The zero-order valence-corrected chi connectivity index (χ0v) is 12.5. The number of aliphatic hydroxyl groups is 1. The van der Waals surface area contributed by atoms with Gasteiger partial charge in [0.2, 0.25) is 0 Å². The molecule has 0 saturated heterocycles. The Morgan fingerprint density at radius 1 is 1.00 bits per heavy atom. The molecule has 0 radical (unpaired) electrons. The van der Waals surface area contributed by atoms with Crippen molar-refractivity contribution < 1.29 is 9.84 Å².